The van der Waals surface area contributed by atoms with Crippen LogP contribution in [0.15, 0.2) is 12.4 Å². The van der Waals surface area contributed by atoms with E-state index in [4.69, 9.17) is 14.0 Å². The lowest BCUT2D eigenvalue weighted by molar-refractivity contribution is -0.121. The molecule has 2 fully saturated rings. The molecule has 1 atom stereocenters. The van der Waals surface area contributed by atoms with Gasteiger partial charge in [0.25, 0.3) is 5.91 Å². The third-order valence-corrected chi connectivity index (χ3v) is 6.15. The van der Waals surface area contributed by atoms with Gasteiger partial charge in [0, 0.05) is 23.9 Å². The van der Waals surface area contributed by atoms with Gasteiger partial charge < -0.3 is 19.4 Å². The summed E-state index contributed by atoms with van der Waals surface area (Å²) >= 11 is 0. The minimum Gasteiger partial charge on any atom is -0.444 e. The molecule has 0 bridgehead atoms. The summed E-state index contributed by atoms with van der Waals surface area (Å²) in [5.41, 5.74) is -0.904. The summed E-state index contributed by atoms with van der Waals surface area (Å²) in [5.74, 6) is -0.0866. The van der Waals surface area contributed by atoms with E-state index in [1.165, 1.54) is 0 Å². The summed E-state index contributed by atoms with van der Waals surface area (Å²) in [6.45, 7) is 17.1. The molecule has 2 heterocycles. The van der Waals surface area contributed by atoms with Crippen molar-refractivity contribution in [2.45, 2.75) is 104 Å². The molecule has 9 nitrogen and oxygen atoms in total. The highest BCUT2D eigenvalue weighted by molar-refractivity contribution is 6.61. The number of hydrogen-bond donors (Lipinski definition) is 1. The zero-order valence-corrected chi connectivity index (χ0v) is 21.3. The Labute approximate surface area is 197 Å². The normalized spacial score (nSPS) is 20.5. The minimum absolute atomic E-state index is 0.0156. The minimum atomic E-state index is -0.758. The molecule has 3 rings (SSSR count). The Kier molecular flexibility index (Phi) is 6.83. The van der Waals surface area contributed by atoms with E-state index < -0.39 is 36.1 Å². The largest absolute Gasteiger partial charge is 0.498 e. The van der Waals surface area contributed by atoms with Gasteiger partial charge in [0.05, 0.1) is 11.2 Å². The number of aromatic nitrogens is 2. The number of ether oxygens (including phenoxy) is 1. The topological polar surface area (TPSA) is 103 Å². The molecule has 1 saturated heterocycles. The molecule has 1 aromatic heterocycles. The van der Waals surface area contributed by atoms with Gasteiger partial charge in [0.2, 0.25) is 5.95 Å². The van der Waals surface area contributed by atoms with Gasteiger partial charge in [-0.15, -0.1) is 0 Å². The summed E-state index contributed by atoms with van der Waals surface area (Å²) < 4.78 is 17.5. The maximum atomic E-state index is 13.5. The highest BCUT2D eigenvalue weighted by atomic mass is 16.7. The first-order valence-electron chi connectivity index (χ1n) is 11.6. The van der Waals surface area contributed by atoms with Gasteiger partial charge in [-0.25, -0.2) is 14.8 Å². The second-order valence-electron chi connectivity index (χ2n) is 11.2. The standard InChI is InChI=1S/C23H37BN4O5/c1-14(2)17(27-20(30)31-21(3,4)5)18(29)28(16-10-11-16)19-25-12-15(13-26-19)24-32-22(6,7)23(8,9)33-24/h12-14,16-17H,10-11H2,1-9H3,(H,27,30)/t17-/m0/s1. The molecule has 2 amide bonds. The van der Waals surface area contributed by atoms with Gasteiger partial charge in [0.15, 0.2) is 0 Å². The van der Waals surface area contributed by atoms with E-state index in [1.807, 2.05) is 41.5 Å². The fraction of sp³-hybridized carbons (Fsp3) is 0.739. The molecule has 0 radical (unpaired) electrons. The fourth-order valence-electron chi connectivity index (χ4n) is 3.43. The average molecular weight is 460 g/mol. The van der Waals surface area contributed by atoms with E-state index in [9.17, 15) is 9.59 Å². The number of nitrogens with one attached hydrogen (secondary N) is 1. The second kappa shape index (κ2) is 8.87. The van der Waals surface area contributed by atoms with Gasteiger partial charge in [-0.05, 0) is 67.2 Å². The number of hydrogen-bond acceptors (Lipinski definition) is 7. The Hall–Kier alpha value is -2.20. The molecular weight excluding hydrogens is 423 g/mol. The summed E-state index contributed by atoms with van der Waals surface area (Å²) in [6.07, 6.45) is 4.39. The van der Waals surface area contributed by atoms with Crippen LogP contribution in [-0.4, -0.2) is 58.0 Å². The van der Waals surface area contributed by atoms with Crippen molar-refractivity contribution in [2.75, 3.05) is 4.90 Å². The van der Waals surface area contributed by atoms with Crippen LogP contribution in [0.2, 0.25) is 0 Å². The van der Waals surface area contributed by atoms with Crippen molar-refractivity contribution in [1.82, 2.24) is 15.3 Å². The van der Waals surface area contributed by atoms with Crippen molar-refractivity contribution in [3.63, 3.8) is 0 Å². The first-order valence-corrected chi connectivity index (χ1v) is 11.6. The quantitative estimate of drug-likeness (QED) is 0.652. The Morgan fingerprint density at radius 1 is 1.12 bits per heavy atom. The average Bonchev–Trinajstić information content (AvgIpc) is 3.45. The van der Waals surface area contributed by atoms with Crippen LogP contribution in [0.1, 0.15) is 75.2 Å². The molecule has 2 aliphatic rings. The molecule has 10 heteroatoms. The number of nitrogens with zero attached hydrogens (tertiary/aromatic N) is 3. The van der Waals surface area contributed by atoms with Gasteiger partial charge in [-0.1, -0.05) is 13.8 Å². The summed E-state index contributed by atoms with van der Waals surface area (Å²) in [7, 11) is -0.577. The number of rotatable bonds is 6. The number of anilines is 1. The van der Waals surface area contributed by atoms with Crippen molar-refractivity contribution >= 4 is 30.5 Å². The first kappa shape index (κ1) is 25.4. The van der Waals surface area contributed by atoms with Crippen molar-refractivity contribution < 1.29 is 23.6 Å². The third-order valence-electron chi connectivity index (χ3n) is 6.15. The highest BCUT2D eigenvalue weighted by Gasteiger charge is 2.52. The van der Waals surface area contributed by atoms with Crippen LogP contribution in [0.4, 0.5) is 10.7 Å². The van der Waals surface area contributed by atoms with Crippen LogP contribution in [0.25, 0.3) is 0 Å². The van der Waals surface area contributed by atoms with Crippen LogP contribution < -0.4 is 15.7 Å². The van der Waals surface area contributed by atoms with Crippen molar-refractivity contribution in [3.8, 4) is 0 Å². The highest BCUT2D eigenvalue weighted by Crippen LogP contribution is 2.36. The summed E-state index contributed by atoms with van der Waals surface area (Å²) in [4.78, 5) is 36.4. The number of carbonyl (C=O) groups excluding carboxylic acids is 2. The zero-order valence-electron chi connectivity index (χ0n) is 21.3. The predicted molar refractivity (Wildman–Crippen MR) is 126 cm³/mol. The Balaban J connectivity index is 1.78. The van der Waals surface area contributed by atoms with E-state index in [1.54, 1.807) is 38.1 Å². The van der Waals surface area contributed by atoms with E-state index in [0.29, 0.717) is 11.4 Å². The molecule has 1 aromatic rings. The van der Waals surface area contributed by atoms with Crippen molar-refractivity contribution in [3.05, 3.63) is 12.4 Å². The monoisotopic (exact) mass is 460 g/mol. The second-order valence-corrected chi connectivity index (χ2v) is 11.2. The lowest BCUT2D eigenvalue weighted by atomic mass is 9.81. The number of alkyl carbamates (subject to hydrolysis) is 1. The Morgan fingerprint density at radius 2 is 1.64 bits per heavy atom. The van der Waals surface area contributed by atoms with Crippen LogP contribution in [0.3, 0.4) is 0 Å². The molecule has 33 heavy (non-hydrogen) atoms. The molecule has 1 aliphatic heterocycles. The van der Waals surface area contributed by atoms with Gasteiger partial charge in [-0.3, -0.25) is 9.69 Å². The molecule has 0 unspecified atom stereocenters. The maximum Gasteiger partial charge on any atom is 0.498 e. The Bertz CT molecular complexity index is 862. The maximum absolute atomic E-state index is 13.5. The van der Waals surface area contributed by atoms with Crippen molar-refractivity contribution in [2.24, 2.45) is 5.92 Å². The summed E-state index contributed by atoms with van der Waals surface area (Å²) in [6, 6.07) is -0.742. The van der Waals surface area contributed by atoms with Crippen LogP contribution >= 0.6 is 0 Å². The van der Waals surface area contributed by atoms with E-state index in [2.05, 4.69) is 15.3 Å². The number of amides is 2. The SMILES string of the molecule is CC(C)[C@H](NC(=O)OC(C)(C)C)C(=O)N(c1ncc(B2OC(C)(C)C(C)(C)O2)cn1)C1CC1. The Morgan fingerprint density at radius 3 is 2.06 bits per heavy atom. The van der Waals surface area contributed by atoms with Crippen LogP contribution in [0, 0.1) is 5.92 Å². The molecule has 1 saturated carbocycles. The van der Waals surface area contributed by atoms with Gasteiger partial charge >= 0.3 is 13.2 Å². The molecular formula is C23H37BN4O5. The number of carbonyl (C=O) groups is 2. The fourth-order valence-corrected chi connectivity index (χ4v) is 3.43. The van der Waals surface area contributed by atoms with Crippen molar-refractivity contribution in [1.29, 1.82) is 0 Å². The lowest BCUT2D eigenvalue weighted by Gasteiger charge is -2.32. The smallest absolute Gasteiger partial charge is 0.444 e. The van der Waals surface area contributed by atoms with E-state index in [-0.39, 0.29) is 17.9 Å². The predicted octanol–water partition coefficient (Wildman–Crippen LogP) is 2.82. The van der Waals surface area contributed by atoms with Gasteiger partial charge in [0.1, 0.15) is 11.6 Å². The zero-order chi connectivity index (χ0) is 24.8. The molecule has 1 aliphatic carbocycles. The van der Waals surface area contributed by atoms with Crippen LogP contribution in [-0.2, 0) is 18.8 Å². The summed E-state index contributed by atoms with van der Waals surface area (Å²) in [5, 5.41) is 2.73. The first-order chi connectivity index (χ1) is 15.1. The van der Waals surface area contributed by atoms with E-state index >= 15 is 0 Å². The van der Waals surface area contributed by atoms with Gasteiger partial charge in [-0.2, -0.15) is 0 Å². The lowest BCUT2D eigenvalue weighted by Crippen LogP contribution is -2.53. The molecule has 0 aromatic carbocycles. The third kappa shape index (κ3) is 5.84. The molecule has 182 valence electrons. The van der Waals surface area contributed by atoms with E-state index in [0.717, 1.165) is 12.8 Å². The molecule has 1 N–H and O–H groups in total. The van der Waals surface area contributed by atoms with Crippen LogP contribution in [0.5, 0.6) is 0 Å². The molecule has 0 spiro atoms.